The molecule has 0 bridgehead atoms. The maximum Gasteiger partial charge on any atom is 0.107 e. The van der Waals surface area contributed by atoms with Crippen molar-refractivity contribution >= 4 is 31.9 Å². The van der Waals surface area contributed by atoms with E-state index < -0.39 is 0 Å². The Morgan fingerprint density at radius 1 is 1.40 bits per heavy atom. The van der Waals surface area contributed by atoms with E-state index in [-0.39, 0.29) is 0 Å². The highest BCUT2D eigenvalue weighted by Crippen LogP contribution is 2.39. The van der Waals surface area contributed by atoms with Gasteiger partial charge in [0.25, 0.3) is 0 Å². The summed E-state index contributed by atoms with van der Waals surface area (Å²) in [5.41, 5.74) is 3.58. The number of terminal acetylenes is 1. The molecule has 0 saturated carbocycles. The summed E-state index contributed by atoms with van der Waals surface area (Å²) in [4.78, 5) is 0. The lowest BCUT2D eigenvalue weighted by atomic mass is 9.76. The first kappa shape index (κ1) is 22.3. The highest BCUT2D eigenvalue weighted by molar-refractivity contribution is 9.12. The highest BCUT2D eigenvalue weighted by atomic mass is 79.9. The van der Waals surface area contributed by atoms with Crippen molar-refractivity contribution in [1.29, 1.82) is 0 Å². The fraction of sp³-hybridized carbons (Fsp3) is 0.545. The molecule has 0 saturated heterocycles. The normalized spacial score (nSPS) is 22.5. The van der Waals surface area contributed by atoms with E-state index in [1.165, 1.54) is 11.1 Å². The smallest absolute Gasteiger partial charge is 0.107 e. The zero-order chi connectivity index (χ0) is 19.0. The maximum atomic E-state index is 10.8. The molecule has 1 N–H and O–H groups in total. The lowest BCUT2D eigenvalue weighted by Gasteiger charge is -2.30. The molecule has 0 fully saturated rings. The molecule has 0 aliphatic heterocycles. The minimum absolute atomic E-state index is 0.292. The van der Waals surface area contributed by atoms with E-state index in [2.05, 4.69) is 71.2 Å². The Balaban J connectivity index is 3.06. The summed E-state index contributed by atoms with van der Waals surface area (Å²) in [6, 6.07) is 0. The zero-order valence-corrected chi connectivity index (χ0v) is 18.8. The van der Waals surface area contributed by atoms with Crippen LogP contribution in [0.25, 0.3) is 0 Å². The Morgan fingerprint density at radius 2 is 2.08 bits per heavy atom. The lowest BCUT2D eigenvalue weighted by molar-refractivity contribution is 0.319. The predicted octanol–water partition coefficient (Wildman–Crippen LogP) is 7.95. The average Bonchev–Trinajstić information content (AvgIpc) is 2.57. The second kappa shape index (κ2) is 11.1. The third-order valence-electron chi connectivity index (χ3n) is 4.87. The second-order valence-electron chi connectivity index (χ2n) is 7.03. The van der Waals surface area contributed by atoms with Crippen molar-refractivity contribution in [2.75, 3.05) is 0 Å². The van der Waals surface area contributed by atoms with E-state index in [9.17, 15) is 5.11 Å². The number of rotatable bonds is 8. The Bertz CT molecular complexity index is 616. The van der Waals surface area contributed by atoms with Crippen LogP contribution in [0.3, 0.4) is 0 Å². The van der Waals surface area contributed by atoms with Crippen molar-refractivity contribution in [1.82, 2.24) is 0 Å². The Kier molecular flexibility index (Phi) is 9.90. The van der Waals surface area contributed by atoms with E-state index in [1.54, 1.807) is 0 Å². The summed E-state index contributed by atoms with van der Waals surface area (Å²) in [6.45, 7) is 10.6. The number of allylic oxidation sites excluding steroid dienone is 7. The number of hydrogen-bond donors (Lipinski definition) is 1. The van der Waals surface area contributed by atoms with E-state index in [0.717, 1.165) is 48.6 Å². The second-order valence-corrected chi connectivity index (χ2v) is 8.61. The molecule has 0 amide bonds. The fourth-order valence-electron chi connectivity index (χ4n) is 3.42. The summed E-state index contributed by atoms with van der Waals surface area (Å²) in [7, 11) is 0. The number of unbranched alkanes of at least 4 members (excludes halogenated alkanes) is 2. The topological polar surface area (TPSA) is 20.2 Å². The number of halogens is 2. The van der Waals surface area contributed by atoms with Crippen LogP contribution in [-0.2, 0) is 0 Å². The SMILES string of the molecule is C#C/C(Br)=C(CCCCC)\C(Br)=C(\O)C[C@H]1C=C(C)CC[C@@H]1C(=C)C. The van der Waals surface area contributed by atoms with Gasteiger partial charge in [-0.05, 0) is 88.8 Å². The van der Waals surface area contributed by atoms with Crippen LogP contribution in [0.15, 0.2) is 44.1 Å². The van der Waals surface area contributed by atoms with E-state index in [0.29, 0.717) is 28.5 Å². The van der Waals surface area contributed by atoms with Crippen molar-refractivity contribution in [3.63, 3.8) is 0 Å². The van der Waals surface area contributed by atoms with Crippen LogP contribution in [-0.4, -0.2) is 5.11 Å². The molecule has 0 aromatic heterocycles. The number of aliphatic hydroxyl groups excluding tert-OH is 1. The van der Waals surface area contributed by atoms with Crippen LogP contribution in [0.4, 0.5) is 0 Å². The highest BCUT2D eigenvalue weighted by Gasteiger charge is 2.26. The molecule has 0 aromatic carbocycles. The van der Waals surface area contributed by atoms with Crippen molar-refractivity contribution in [3.8, 4) is 12.3 Å². The van der Waals surface area contributed by atoms with Gasteiger partial charge in [-0.2, -0.15) is 0 Å². The first-order valence-electron chi connectivity index (χ1n) is 9.07. The first-order chi connectivity index (χ1) is 11.8. The van der Waals surface area contributed by atoms with Gasteiger partial charge in [0.15, 0.2) is 0 Å². The van der Waals surface area contributed by atoms with Crippen molar-refractivity contribution < 1.29 is 5.11 Å². The molecule has 0 radical (unpaired) electrons. The molecule has 1 aliphatic rings. The molecule has 138 valence electrons. The zero-order valence-electron chi connectivity index (χ0n) is 15.7. The molecule has 1 rings (SSSR count). The van der Waals surface area contributed by atoms with Crippen LogP contribution >= 0.6 is 31.9 Å². The molecular formula is C22H30Br2O. The van der Waals surface area contributed by atoms with Crippen LogP contribution in [0.1, 0.15) is 65.7 Å². The van der Waals surface area contributed by atoms with E-state index in [4.69, 9.17) is 6.42 Å². The standard InChI is InChI=1S/C22H30Br2O/c1-6-8-9-10-19(20(23)7-2)22(24)21(25)14-17-13-16(5)11-12-18(17)15(3)4/h2,13,17-18,25H,3,6,8-12,14H2,1,4-5H3/b20-19+,22-21-/t17-,18-/m1/s1. The van der Waals surface area contributed by atoms with Crippen LogP contribution in [0, 0.1) is 24.2 Å². The number of hydrogen-bond acceptors (Lipinski definition) is 1. The molecular weight excluding hydrogens is 440 g/mol. The van der Waals surface area contributed by atoms with Gasteiger partial charge in [0.2, 0.25) is 0 Å². The molecule has 0 heterocycles. The Hall–Kier alpha value is -0.720. The van der Waals surface area contributed by atoms with Gasteiger partial charge in [0.1, 0.15) is 5.76 Å². The largest absolute Gasteiger partial charge is 0.511 e. The summed E-state index contributed by atoms with van der Waals surface area (Å²) >= 11 is 7.08. The van der Waals surface area contributed by atoms with Crippen molar-refractivity contribution in [2.24, 2.45) is 11.8 Å². The van der Waals surface area contributed by atoms with Crippen LogP contribution < -0.4 is 0 Å². The van der Waals surface area contributed by atoms with Crippen LogP contribution in [0.5, 0.6) is 0 Å². The number of aliphatic hydroxyl groups is 1. The minimum atomic E-state index is 0.292. The summed E-state index contributed by atoms with van der Waals surface area (Å²) in [5, 5.41) is 10.8. The predicted molar refractivity (Wildman–Crippen MR) is 117 cm³/mol. The first-order valence-corrected chi connectivity index (χ1v) is 10.7. The third-order valence-corrected chi connectivity index (χ3v) is 6.51. The minimum Gasteiger partial charge on any atom is -0.511 e. The Morgan fingerprint density at radius 3 is 2.64 bits per heavy atom. The summed E-state index contributed by atoms with van der Waals surface area (Å²) in [5.74, 6) is 3.75. The van der Waals surface area contributed by atoms with E-state index >= 15 is 0 Å². The van der Waals surface area contributed by atoms with Gasteiger partial charge in [-0.3, -0.25) is 0 Å². The van der Waals surface area contributed by atoms with Crippen molar-refractivity contribution in [2.45, 2.75) is 65.7 Å². The van der Waals surface area contributed by atoms with Crippen molar-refractivity contribution in [3.05, 3.63) is 44.1 Å². The summed E-state index contributed by atoms with van der Waals surface area (Å²) in [6.07, 6.45) is 14.9. The van der Waals surface area contributed by atoms with Gasteiger partial charge < -0.3 is 5.11 Å². The maximum absolute atomic E-state index is 10.8. The molecule has 2 atom stereocenters. The molecule has 25 heavy (non-hydrogen) atoms. The van der Waals surface area contributed by atoms with Gasteiger partial charge in [-0.1, -0.05) is 49.5 Å². The fourth-order valence-corrected chi connectivity index (χ4v) is 4.64. The van der Waals surface area contributed by atoms with Gasteiger partial charge >= 0.3 is 0 Å². The van der Waals surface area contributed by atoms with Gasteiger partial charge in [0, 0.05) is 6.42 Å². The molecule has 0 spiro atoms. The van der Waals surface area contributed by atoms with Gasteiger partial charge in [-0.15, -0.1) is 6.42 Å². The quantitative estimate of drug-likeness (QED) is 0.126. The van der Waals surface area contributed by atoms with Gasteiger partial charge in [0.05, 0.1) is 8.96 Å². The summed E-state index contributed by atoms with van der Waals surface area (Å²) < 4.78 is 1.46. The monoisotopic (exact) mass is 468 g/mol. The Labute approximate surface area is 170 Å². The molecule has 0 unspecified atom stereocenters. The van der Waals surface area contributed by atoms with Crippen LogP contribution in [0.2, 0.25) is 0 Å². The average molecular weight is 470 g/mol. The lowest BCUT2D eigenvalue weighted by Crippen LogP contribution is -2.19. The molecule has 1 nitrogen and oxygen atoms in total. The third kappa shape index (κ3) is 6.83. The molecule has 1 aliphatic carbocycles. The van der Waals surface area contributed by atoms with E-state index in [1.807, 2.05) is 0 Å². The molecule has 3 heteroatoms. The van der Waals surface area contributed by atoms with Gasteiger partial charge in [-0.25, -0.2) is 0 Å². The molecule has 0 aromatic rings.